The molecule has 1 saturated heterocycles. The van der Waals surface area contributed by atoms with Crippen LogP contribution in [0.4, 0.5) is 11.4 Å². The number of methoxy groups -OCH3 is 1. The van der Waals surface area contributed by atoms with Crippen molar-refractivity contribution in [1.29, 1.82) is 0 Å². The van der Waals surface area contributed by atoms with Gasteiger partial charge in [0.25, 0.3) is 0 Å². The number of anilines is 2. The Morgan fingerprint density at radius 1 is 0.889 bits per heavy atom. The van der Waals surface area contributed by atoms with Crippen molar-refractivity contribution >= 4 is 21.8 Å². The van der Waals surface area contributed by atoms with Gasteiger partial charge in [-0.15, -0.1) is 0 Å². The topological polar surface area (TPSA) is 122 Å². The fraction of sp³-hybridized carbons (Fsp3) is 0.391. The first kappa shape index (κ1) is 28.9. The molecule has 1 aromatic heterocycles. The Balaban J connectivity index is 0.00000361. The summed E-state index contributed by atoms with van der Waals surface area (Å²) in [7, 11) is -3.23. The quantitative estimate of drug-likeness (QED) is 0.197. The molecule has 11 nitrogen and oxygen atoms in total. The van der Waals surface area contributed by atoms with E-state index < -0.39 is 28.2 Å². The Morgan fingerprint density at radius 2 is 1.36 bits per heavy atom. The summed E-state index contributed by atoms with van der Waals surface area (Å²) in [4.78, 5) is 17.5. The van der Waals surface area contributed by atoms with Crippen molar-refractivity contribution in [3.63, 3.8) is 0 Å². The van der Waals surface area contributed by atoms with Crippen LogP contribution in [0.2, 0.25) is 0 Å². The average molecular weight is 542 g/mol. The van der Waals surface area contributed by atoms with E-state index in [-0.39, 0.29) is 51.4 Å². The van der Waals surface area contributed by atoms with Crippen LogP contribution in [0.3, 0.4) is 0 Å². The summed E-state index contributed by atoms with van der Waals surface area (Å²) in [5, 5.41) is 4.07. The van der Waals surface area contributed by atoms with E-state index in [2.05, 4.69) is 31.2 Å². The fourth-order valence-electron chi connectivity index (χ4n) is 4.08. The van der Waals surface area contributed by atoms with Gasteiger partial charge in [-0.3, -0.25) is 4.18 Å². The summed E-state index contributed by atoms with van der Waals surface area (Å²) in [6.45, 7) is 6.45. The number of nitrogens with zero attached hydrogens (tertiary/aromatic N) is 5. The first-order valence-corrected chi connectivity index (χ1v) is 12.5. The zero-order valence-corrected chi connectivity index (χ0v) is 24.7. The minimum Gasteiger partial charge on any atom is -0.726 e. The zero-order valence-electron chi connectivity index (χ0n) is 20.8. The van der Waals surface area contributed by atoms with E-state index in [9.17, 15) is 17.8 Å². The standard InChI is InChI=1S/C23H29N5O6S.K/c1-17(18(2)34-35(30,31)32)28-23(29)27(16-24-28)21-6-4-19(5-7-21)25-12-14-26(15-13-25)20-8-10-22(33-3)11-9-20;/h4-11,16-18H,12-15H2,1-3H3,(H,30,31,32);/q;+1/p-1/t17-,18+;/m0./s1. The van der Waals surface area contributed by atoms with E-state index in [1.54, 1.807) is 14.0 Å². The summed E-state index contributed by atoms with van der Waals surface area (Å²) in [6.07, 6.45) is 0.317. The van der Waals surface area contributed by atoms with Crippen LogP contribution in [0.25, 0.3) is 5.69 Å². The SMILES string of the molecule is COc1ccc(N2CCN(c3ccc(-n4cnn([C@@H](C)[C@@H](C)OS(=O)(=O)[O-])c4=O)cc3)CC2)cc1.[K+]. The molecule has 0 unspecified atom stereocenters. The fourth-order valence-corrected chi connectivity index (χ4v) is 4.61. The maximum absolute atomic E-state index is 12.8. The Labute approximate surface area is 253 Å². The maximum Gasteiger partial charge on any atom is 1.00 e. The van der Waals surface area contributed by atoms with Crippen molar-refractivity contribution in [2.45, 2.75) is 26.0 Å². The summed E-state index contributed by atoms with van der Waals surface area (Å²) in [5.41, 5.74) is 2.38. The maximum atomic E-state index is 12.8. The van der Waals surface area contributed by atoms with Gasteiger partial charge in [-0.05, 0) is 62.4 Å². The number of piperazine rings is 1. The molecule has 13 heteroatoms. The smallest absolute Gasteiger partial charge is 0.726 e. The summed E-state index contributed by atoms with van der Waals surface area (Å²) in [5.74, 6) is 0.838. The molecule has 1 aliphatic heterocycles. The normalized spacial score (nSPS) is 15.8. The molecule has 36 heavy (non-hydrogen) atoms. The first-order valence-electron chi connectivity index (χ1n) is 11.2. The van der Waals surface area contributed by atoms with Crippen molar-refractivity contribution in [2.24, 2.45) is 0 Å². The van der Waals surface area contributed by atoms with E-state index in [1.165, 1.54) is 23.5 Å². The largest absolute Gasteiger partial charge is 1.00 e. The van der Waals surface area contributed by atoms with Crippen LogP contribution < -0.4 is 71.6 Å². The van der Waals surface area contributed by atoms with Crippen molar-refractivity contribution in [3.8, 4) is 11.4 Å². The molecule has 0 saturated carbocycles. The number of rotatable bonds is 8. The molecule has 188 valence electrons. The molecule has 0 bridgehead atoms. The van der Waals surface area contributed by atoms with Crippen LogP contribution in [0, 0.1) is 0 Å². The van der Waals surface area contributed by atoms with Crippen molar-refractivity contribution in [1.82, 2.24) is 14.3 Å². The van der Waals surface area contributed by atoms with E-state index in [0.717, 1.165) is 42.3 Å². The van der Waals surface area contributed by atoms with Crippen molar-refractivity contribution < 1.29 is 73.3 Å². The van der Waals surface area contributed by atoms with Gasteiger partial charge in [-0.2, -0.15) is 5.10 Å². The molecule has 0 spiro atoms. The third-order valence-corrected chi connectivity index (χ3v) is 6.78. The van der Waals surface area contributed by atoms with Gasteiger partial charge in [-0.25, -0.2) is 22.5 Å². The van der Waals surface area contributed by atoms with Crippen LogP contribution in [-0.4, -0.2) is 66.7 Å². The van der Waals surface area contributed by atoms with Crippen LogP contribution in [0.1, 0.15) is 19.9 Å². The Hall–Kier alpha value is -1.71. The molecule has 2 aromatic carbocycles. The van der Waals surface area contributed by atoms with E-state index >= 15 is 0 Å². The Morgan fingerprint density at radius 3 is 1.83 bits per heavy atom. The second kappa shape index (κ2) is 12.2. The van der Waals surface area contributed by atoms with Gasteiger partial charge in [-0.1, -0.05) is 0 Å². The minimum absolute atomic E-state index is 0. The average Bonchev–Trinajstić information content (AvgIpc) is 3.24. The first-order chi connectivity index (χ1) is 16.7. The van der Waals surface area contributed by atoms with Gasteiger partial charge >= 0.3 is 57.1 Å². The molecule has 2 heterocycles. The van der Waals surface area contributed by atoms with Crippen LogP contribution in [0.5, 0.6) is 5.75 Å². The molecule has 1 fully saturated rings. The second-order valence-electron chi connectivity index (χ2n) is 8.37. The molecular weight excluding hydrogens is 513 g/mol. The summed E-state index contributed by atoms with van der Waals surface area (Å²) >= 11 is 0. The van der Waals surface area contributed by atoms with E-state index in [0.29, 0.717) is 5.69 Å². The zero-order chi connectivity index (χ0) is 25.2. The summed E-state index contributed by atoms with van der Waals surface area (Å²) in [6, 6.07) is 14.9. The summed E-state index contributed by atoms with van der Waals surface area (Å²) < 4.78 is 44.7. The van der Waals surface area contributed by atoms with Gasteiger partial charge in [0.1, 0.15) is 12.1 Å². The molecule has 3 aromatic rings. The molecule has 1 aliphatic rings. The van der Waals surface area contributed by atoms with E-state index in [4.69, 9.17) is 4.74 Å². The molecule has 4 rings (SSSR count). The Kier molecular flexibility index (Phi) is 9.79. The third kappa shape index (κ3) is 6.78. The predicted octanol–water partition coefficient (Wildman–Crippen LogP) is -1.20. The van der Waals surface area contributed by atoms with Gasteiger partial charge in [0.15, 0.2) is 0 Å². The van der Waals surface area contributed by atoms with Crippen LogP contribution in [0.15, 0.2) is 59.7 Å². The van der Waals surface area contributed by atoms with Crippen LogP contribution in [-0.2, 0) is 14.6 Å². The number of aromatic nitrogens is 3. The van der Waals surface area contributed by atoms with Crippen molar-refractivity contribution in [3.05, 3.63) is 65.3 Å². The number of hydrogen-bond acceptors (Lipinski definition) is 9. The van der Waals surface area contributed by atoms with E-state index in [1.807, 2.05) is 36.4 Å². The van der Waals surface area contributed by atoms with Gasteiger partial charge < -0.3 is 19.1 Å². The van der Waals surface area contributed by atoms with Gasteiger partial charge in [0.05, 0.1) is 24.9 Å². The third-order valence-electron chi connectivity index (χ3n) is 6.24. The van der Waals surface area contributed by atoms with Crippen molar-refractivity contribution in [2.75, 3.05) is 43.1 Å². The predicted molar refractivity (Wildman–Crippen MR) is 130 cm³/mol. The second-order valence-corrected chi connectivity index (χ2v) is 9.38. The van der Waals surface area contributed by atoms with Crippen LogP contribution >= 0.6 is 0 Å². The minimum atomic E-state index is -4.89. The number of ether oxygens (including phenoxy) is 1. The van der Waals surface area contributed by atoms with Gasteiger partial charge in [0.2, 0.25) is 10.4 Å². The molecule has 0 radical (unpaired) electrons. The Bertz CT molecular complexity index is 1300. The monoisotopic (exact) mass is 541 g/mol. The molecule has 2 atom stereocenters. The molecule has 0 aliphatic carbocycles. The molecule has 0 N–H and O–H groups in total. The molecular formula is C23H28KN5O6S. The van der Waals surface area contributed by atoms with Gasteiger partial charge in [0, 0.05) is 37.6 Å². The molecule has 0 amide bonds. The number of hydrogen-bond donors (Lipinski definition) is 0. The number of benzene rings is 2.